The van der Waals surface area contributed by atoms with Crippen molar-refractivity contribution in [2.45, 2.75) is 13.0 Å². The molecule has 1 N–H and O–H groups in total. The van der Waals surface area contributed by atoms with Crippen LogP contribution in [-0.2, 0) is 0 Å². The van der Waals surface area contributed by atoms with E-state index in [2.05, 4.69) is 10.3 Å². The molecule has 20 heavy (non-hydrogen) atoms. The van der Waals surface area contributed by atoms with Crippen LogP contribution in [0.4, 0.5) is 4.39 Å². The largest absolute Gasteiger partial charge is 0.459 e. The summed E-state index contributed by atoms with van der Waals surface area (Å²) in [6.07, 6.45) is 3.53. The molecule has 3 aromatic rings. The van der Waals surface area contributed by atoms with E-state index in [1.165, 1.54) is 12.1 Å². The number of nitrogens with zero attached hydrogens (tertiary/aromatic N) is 1. The van der Waals surface area contributed by atoms with Crippen LogP contribution in [0.2, 0.25) is 0 Å². The third kappa shape index (κ3) is 2.08. The molecule has 0 bridgehead atoms. The Hall–Kier alpha value is -2.20. The van der Waals surface area contributed by atoms with Gasteiger partial charge in [0, 0.05) is 23.3 Å². The number of aromatic nitrogens is 1. The average Bonchev–Trinajstić information content (AvgIpc) is 2.78. The minimum Gasteiger partial charge on any atom is -0.459 e. The van der Waals surface area contributed by atoms with Gasteiger partial charge < -0.3 is 9.73 Å². The van der Waals surface area contributed by atoms with Gasteiger partial charge in [-0.15, -0.1) is 0 Å². The SMILES string of the molecule is CNC(c1cccnc1)c1oc2ccc(F)cc2c1C. The Morgan fingerprint density at radius 3 is 2.85 bits per heavy atom. The van der Waals surface area contributed by atoms with Crippen LogP contribution in [0.25, 0.3) is 11.0 Å². The molecular weight excluding hydrogens is 255 g/mol. The average molecular weight is 270 g/mol. The minimum absolute atomic E-state index is 0.0980. The van der Waals surface area contributed by atoms with Gasteiger partial charge in [-0.1, -0.05) is 6.07 Å². The minimum atomic E-state index is -0.254. The molecule has 1 unspecified atom stereocenters. The van der Waals surface area contributed by atoms with E-state index in [0.717, 1.165) is 22.3 Å². The Morgan fingerprint density at radius 1 is 1.30 bits per heavy atom. The Balaban J connectivity index is 2.15. The predicted octanol–water partition coefficient (Wildman–Crippen LogP) is 3.58. The van der Waals surface area contributed by atoms with E-state index in [0.29, 0.717) is 5.58 Å². The first-order valence-corrected chi connectivity index (χ1v) is 6.46. The molecule has 2 aromatic heterocycles. The normalized spacial score (nSPS) is 12.8. The van der Waals surface area contributed by atoms with Crippen molar-refractivity contribution in [2.24, 2.45) is 0 Å². The topological polar surface area (TPSA) is 38.1 Å². The highest BCUT2D eigenvalue weighted by Crippen LogP contribution is 2.32. The molecular formula is C16H15FN2O. The molecule has 1 aromatic carbocycles. The van der Waals surface area contributed by atoms with E-state index in [4.69, 9.17) is 4.42 Å². The summed E-state index contributed by atoms with van der Waals surface area (Å²) in [5, 5.41) is 4.03. The molecule has 0 aliphatic heterocycles. The molecule has 0 amide bonds. The van der Waals surface area contributed by atoms with Gasteiger partial charge in [0.05, 0.1) is 6.04 Å². The molecule has 1 atom stereocenters. The van der Waals surface area contributed by atoms with Gasteiger partial charge in [0.25, 0.3) is 0 Å². The number of hydrogen-bond donors (Lipinski definition) is 1. The molecule has 3 rings (SSSR count). The summed E-state index contributed by atoms with van der Waals surface area (Å²) >= 11 is 0. The quantitative estimate of drug-likeness (QED) is 0.790. The lowest BCUT2D eigenvalue weighted by Crippen LogP contribution is -2.17. The molecule has 3 nitrogen and oxygen atoms in total. The van der Waals surface area contributed by atoms with Crippen LogP contribution >= 0.6 is 0 Å². The molecule has 102 valence electrons. The molecule has 0 spiro atoms. The second kappa shape index (κ2) is 5.06. The lowest BCUT2D eigenvalue weighted by molar-refractivity contribution is 0.487. The van der Waals surface area contributed by atoms with Crippen LogP contribution in [0, 0.1) is 12.7 Å². The van der Waals surface area contributed by atoms with E-state index in [1.54, 1.807) is 18.5 Å². The number of fused-ring (bicyclic) bond motifs is 1. The van der Waals surface area contributed by atoms with Gasteiger partial charge in [0.1, 0.15) is 17.2 Å². The van der Waals surface area contributed by atoms with Crippen LogP contribution in [0.1, 0.15) is 22.9 Å². The monoisotopic (exact) mass is 270 g/mol. The lowest BCUT2D eigenvalue weighted by atomic mass is 10.0. The van der Waals surface area contributed by atoms with Crippen molar-refractivity contribution >= 4 is 11.0 Å². The highest BCUT2D eigenvalue weighted by Gasteiger charge is 2.21. The summed E-state index contributed by atoms with van der Waals surface area (Å²) in [4.78, 5) is 4.14. The van der Waals surface area contributed by atoms with E-state index < -0.39 is 0 Å². The fraction of sp³-hybridized carbons (Fsp3) is 0.188. The van der Waals surface area contributed by atoms with Gasteiger partial charge in [0.15, 0.2) is 0 Å². The Morgan fingerprint density at radius 2 is 2.15 bits per heavy atom. The van der Waals surface area contributed by atoms with Crippen LogP contribution in [-0.4, -0.2) is 12.0 Å². The van der Waals surface area contributed by atoms with Crippen molar-refractivity contribution in [3.8, 4) is 0 Å². The zero-order valence-corrected chi connectivity index (χ0v) is 11.4. The van der Waals surface area contributed by atoms with E-state index in [-0.39, 0.29) is 11.9 Å². The summed E-state index contributed by atoms with van der Waals surface area (Å²) in [5.74, 6) is 0.538. The molecule has 2 heterocycles. The van der Waals surface area contributed by atoms with Crippen LogP contribution < -0.4 is 5.32 Å². The van der Waals surface area contributed by atoms with Gasteiger partial charge in [-0.05, 0) is 43.8 Å². The lowest BCUT2D eigenvalue weighted by Gasteiger charge is -2.14. The zero-order chi connectivity index (χ0) is 14.1. The first-order valence-electron chi connectivity index (χ1n) is 6.46. The van der Waals surface area contributed by atoms with Gasteiger partial charge in [-0.2, -0.15) is 0 Å². The summed E-state index contributed by atoms with van der Waals surface area (Å²) in [6, 6.07) is 8.36. The summed E-state index contributed by atoms with van der Waals surface area (Å²) in [7, 11) is 1.87. The number of benzene rings is 1. The highest BCUT2D eigenvalue weighted by molar-refractivity contribution is 5.82. The number of hydrogen-bond acceptors (Lipinski definition) is 3. The predicted molar refractivity (Wildman–Crippen MR) is 76.0 cm³/mol. The molecule has 0 saturated carbocycles. The molecule has 0 aliphatic rings. The van der Waals surface area contributed by atoms with E-state index in [9.17, 15) is 4.39 Å². The van der Waals surface area contributed by atoms with Crippen molar-refractivity contribution in [3.05, 3.63) is 65.4 Å². The first-order chi connectivity index (χ1) is 9.70. The van der Waals surface area contributed by atoms with Crippen molar-refractivity contribution in [3.63, 3.8) is 0 Å². The second-order valence-electron chi connectivity index (χ2n) is 4.74. The Labute approximate surface area is 116 Å². The summed E-state index contributed by atoms with van der Waals surface area (Å²) in [6.45, 7) is 1.95. The van der Waals surface area contributed by atoms with Crippen LogP contribution in [0.3, 0.4) is 0 Å². The van der Waals surface area contributed by atoms with E-state index >= 15 is 0 Å². The number of halogens is 1. The van der Waals surface area contributed by atoms with Crippen molar-refractivity contribution < 1.29 is 8.81 Å². The first kappa shape index (κ1) is 12.8. The third-order valence-corrected chi connectivity index (χ3v) is 3.50. The maximum Gasteiger partial charge on any atom is 0.134 e. The standard InChI is InChI=1S/C16H15FN2O/c1-10-13-8-12(17)5-6-14(13)20-16(10)15(18-2)11-4-3-7-19-9-11/h3-9,15,18H,1-2H3. The molecule has 0 aliphatic carbocycles. The zero-order valence-electron chi connectivity index (χ0n) is 11.4. The molecule has 0 saturated heterocycles. The molecule has 4 heteroatoms. The van der Waals surface area contributed by atoms with Crippen LogP contribution in [0.5, 0.6) is 0 Å². The number of pyridine rings is 1. The Kier molecular flexibility index (Phi) is 3.24. The maximum absolute atomic E-state index is 13.4. The van der Waals surface area contributed by atoms with Gasteiger partial charge >= 0.3 is 0 Å². The van der Waals surface area contributed by atoms with Crippen molar-refractivity contribution in [2.75, 3.05) is 7.05 Å². The molecule has 0 radical (unpaired) electrons. The van der Waals surface area contributed by atoms with E-state index in [1.807, 2.05) is 26.1 Å². The number of aryl methyl sites for hydroxylation is 1. The highest BCUT2D eigenvalue weighted by atomic mass is 19.1. The fourth-order valence-electron chi connectivity index (χ4n) is 2.48. The van der Waals surface area contributed by atoms with Gasteiger partial charge in [0.2, 0.25) is 0 Å². The van der Waals surface area contributed by atoms with Crippen molar-refractivity contribution in [1.29, 1.82) is 0 Å². The Bertz CT molecular complexity index is 737. The molecule has 0 fully saturated rings. The summed E-state index contributed by atoms with van der Waals surface area (Å²) in [5.41, 5.74) is 2.66. The third-order valence-electron chi connectivity index (χ3n) is 3.50. The number of nitrogens with one attached hydrogen (secondary N) is 1. The van der Waals surface area contributed by atoms with Crippen LogP contribution in [0.15, 0.2) is 47.1 Å². The second-order valence-corrected chi connectivity index (χ2v) is 4.74. The van der Waals surface area contributed by atoms with Crippen molar-refractivity contribution in [1.82, 2.24) is 10.3 Å². The fourth-order valence-corrected chi connectivity index (χ4v) is 2.48. The van der Waals surface area contributed by atoms with Gasteiger partial charge in [-0.3, -0.25) is 4.98 Å². The smallest absolute Gasteiger partial charge is 0.134 e. The number of furan rings is 1. The van der Waals surface area contributed by atoms with Gasteiger partial charge in [-0.25, -0.2) is 4.39 Å². The maximum atomic E-state index is 13.4. The number of rotatable bonds is 3. The summed E-state index contributed by atoms with van der Waals surface area (Å²) < 4.78 is 19.3.